The highest BCUT2D eigenvalue weighted by Gasteiger charge is 2.43. The van der Waals surface area contributed by atoms with Crippen LogP contribution in [0.3, 0.4) is 0 Å². The van der Waals surface area contributed by atoms with Crippen molar-refractivity contribution in [3.8, 4) is 0 Å². The van der Waals surface area contributed by atoms with Crippen LogP contribution in [0.2, 0.25) is 0 Å². The molecular weight excluding hydrogens is 395 g/mol. The molecule has 1 aliphatic heterocycles. The minimum absolute atomic E-state index is 0.0593. The minimum atomic E-state index is -0.207. The molecule has 2 fully saturated rings. The van der Waals surface area contributed by atoms with E-state index in [2.05, 4.69) is 39.7 Å². The highest BCUT2D eigenvalue weighted by atomic mass is 32.1. The van der Waals surface area contributed by atoms with E-state index in [4.69, 9.17) is 12.2 Å². The van der Waals surface area contributed by atoms with Crippen molar-refractivity contribution in [3.63, 3.8) is 0 Å². The Bertz CT molecular complexity index is 1120. The van der Waals surface area contributed by atoms with Gasteiger partial charge in [0.25, 0.3) is 0 Å². The number of benzene rings is 1. The number of rotatable bonds is 4. The van der Waals surface area contributed by atoms with Crippen LogP contribution in [-0.4, -0.2) is 14.7 Å². The van der Waals surface area contributed by atoms with Crippen molar-refractivity contribution in [1.29, 1.82) is 0 Å². The average Bonchev–Trinajstić information content (AvgIpc) is 3.44. The van der Waals surface area contributed by atoms with Crippen molar-refractivity contribution in [2.45, 2.75) is 51.7 Å². The summed E-state index contributed by atoms with van der Waals surface area (Å²) in [5.74, 6) is -0.207. The van der Waals surface area contributed by atoms with Crippen LogP contribution >= 0.6 is 12.2 Å². The smallest absolute Gasteiger partial charge is 0.174 e. The number of halogens is 1. The predicted octanol–water partition coefficient (Wildman–Crippen LogP) is 5.46. The summed E-state index contributed by atoms with van der Waals surface area (Å²) in [6.45, 7) is 6.17. The molecule has 2 aliphatic rings. The van der Waals surface area contributed by atoms with Gasteiger partial charge < -0.3 is 14.8 Å². The van der Waals surface area contributed by atoms with Gasteiger partial charge in [-0.3, -0.25) is 4.98 Å². The molecule has 1 aliphatic carbocycles. The number of nitrogens with zero attached hydrogens (tertiary/aromatic N) is 3. The fourth-order valence-electron chi connectivity index (χ4n) is 4.72. The van der Waals surface area contributed by atoms with Gasteiger partial charge in [-0.25, -0.2) is 4.39 Å². The molecule has 154 valence electrons. The molecule has 1 saturated heterocycles. The molecule has 0 bridgehead atoms. The van der Waals surface area contributed by atoms with Crippen LogP contribution in [0.4, 0.5) is 10.1 Å². The topological polar surface area (TPSA) is 33.1 Å². The lowest BCUT2D eigenvalue weighted by molar-refractivity contribution is 0.561. The molecule has 2 aromatic heterocycles. The number of anilines is 1. The van der Waals surface area contributed by atoms with Crippen LogP contribution in [0, 0.1) is 26.6 Å². The summed E-state index contributed by atoms with van der Waals surface area (Å²) in [5, 5.41) is 4.13. The zero-order valence-corrected chi connectivity index (χ0v) is 18.2. The van der Waals surface area contributed by atoms with E-state index in [0.29, 0.717) is 16.7 Å². The number of hydrogen-bond donors (Lipinski definition) is 1. The molecule has 0 amide bonds. The van der Waals surface area contributed by atoms with E-state index in [-0.39, 0.29) is 17.9 Å². The van der Waals surface area contributed by atoms with Crippen molar-refractivity contribution < 1.29 is 4.39 Å². The van der Waals surface area contributed by atoms with Crippen LogP contribution in [0.25, 0.3) is 0 Å². The molecule has 1 N–H and O–H groups in total. The zero-order valence-electron chi connectivity index (χ0n) is 17.4. The Hall–Kier alpha value is -2.73. The van der Waals surface area contributed by atoms with Gasteiger partial charge in [0.1, 0.15) is 5.82 Å². The van der Waals surface area contributed by atoms with Crippen molar-refractivity contribution in [2.75, 3.05) is 4.90 Å². The fourth-order valence-corrected chi connectivity index (χ4v) is 5.07. The third kappa shape index (κ3) is 3.10. The summed E-state index contributed by atoms with van der Waals surface area (Å²) in [6.07, 6.45) is 4.29. The molecule has 2 atom stereocenters. The van der Waals surface area contributed by atoms with E-state index in [1.165, 1.54) is 35.9 Å². The Labute approximate surface area is 181 Å². The van der Waals surface area contributed by atoms with Gasteiger partial charge >= 0.3 is 0 Å². The van der Waals surface area contributed by atoms with E-state index >= 15 is 0 Å². The van der Waals surface area contributed by atoms with Gasteiger partial charge in [0.05, 0.1) is 17.8 Å². The Morgan fingerprint density at radius 2 is 1.90 bits per heavy atom. The average molecular weight is 421 g/mol. The highest BCUT2D eigenvalue weighted by Crippen LogP contribution is 2.46. The molecule has 3 aromatic rings. The van der Waals surface area contributed by atoms with Crippen LogP contribution in [0.5, 0.6) is 0 Å². The number of pyridine rings is 1. The second kappa shape index (κ2) is 7.20. The summed E-state index contributed by atoms with van der Waals surface area (Å²) in [4.78, 5) is 6.75. The first-order valence-corrected chi connectivity index (χ1v) is 10.8. The lowest BCUT2D eigenvalue weighted by Crippen LogP contribution is -2.29. The lowest BCUT2D eigenvalue weighted by Gasteiger charge is -2.28. The van der Waals surface area contributed by atoms with E-state index in [9.17, 15) is 4.39 Å². The SMILES string of the molecule is Cc1cc(N2C(=S)NC(c3ccccn3)C2c2cc(C)n(C3CC3)c2C)ccc1F. The van der Waals surface area contributed by atoms with Crippen LogP contribution in [0.15, 0.2) is 48.7 Å². The molecule has 1 saturated carbocycles. The number of aryl methyl sites for hydroxylation is 2. The summed E-state index contributed by atoms with van der Waals surface area (Å²) in [6, 6.07) is 13.9. The van der Waals surface area contributed by atoms with E-state index in [1.54, 1.807) is 6.92 Å². The van der Waals surface area contributed by atoms with Gasteiger partial charge in [0, 0.05) is 29.3 Å². The maximum Gasteiger partial charge on any atom is 0.174 e. The van der Waals surface area contributed by atoms with Gasteiger partial charge in [-0.15, -0.1) is 0 Å². The van der Waals surface area contributed by atoms with Crippen molar-refractivity contribution >= 4 is 23.0 Å². The molecule has 6 heteroatoms. The highest BCUT2D eigenvalue weighted by molar-refractivity contribution is 7.80. The number of aromatic nitrogens is 2. The molecule has 0 radical (unpaired) electrons. The van der Waals surface area contributed by atoms with Gasteiger partial charge in [0.2, 0.25) is 0 Å². The van der Waals surface area contributed by atoms with E-state index in [1.807, 2.05) is 36.5 Å². The van der Waals surface area contributed by atoms with Gasteiger partial charge in [0.15, 0.2) is 5.11 Å². The first-order chi connectivity index (χ1) is 14.5. The van der Waals surface area contributed by atoms with Crippen LogP contribution < -0.4 is 10.2 Å². The second-order valence-corrected chi connectivity index (χ2v) is 8.74. The summed E-state index contributed by atoms with van der Waals surface area (Å²) in [5.41, 5.74) is 6.24. The Balaban J connectivity index is 1.67. The van der Waals surface area contributed by atoms with Gasteiger partial charge in [-0.2, -0.15) is 0 Å². The molecule has 5 rings (SSSR count). The number of hydrogen-bond acceptors (Lipinski definition) is 2. The standard InChI is InChI=1S/C24H25FN4S/c1-14-12-18(9-10-20(14)25)29-23(19-13-15(2)28(16(19)3)17-7-8-17)22(27-24(29)30)21-6-4-5-11-26-21/h4-6,9-13,17,22-23H,7-8H2,1-3H3,(H,27,30). The monoisotopic (exact) mass is 420 g/mol. The van der Waals surface area contributed by atoms with Crippen LogP contribution in [0.1, 0.15) is 59.2 Å². The molecule has 0 spiro atoms. The third-order valence-electron chi connectivity index (χ3n) is 6.27. The first-order valence-electron chi connectivity index (χ1n) is 10.4. The fraction of sp³-hybridized carbons (Fsp3) is 0.333. The van der Waals surface area contributed by atoms with Gasteiger partial charge in [-0.05, 0) is 93.4 Å². The predicted molar refractivity (Wildman–Crippen MR) is 121 cm³/mol. The quantitative estimate of drug-likeness (QED) is 0.568. The molecule has 30 heavy (non-hydrogen) atoms. The summed E-state index contributed by atoms with van der Waals surface area (Å²) in [7, 11) is 0. The largest absolute Gasteiger partial charge is 0.351 e. The molecule has 1 aromatic carbocycles. The lowest BCUT2D eigenvalue weighted by atomic mass is 9.96. The second-order valence-electron chi connectivity index (χ2n) is 8.36. The third-order valence-corrected chi connectivity index (χ3v) is 6.59. The number of thiocarbonyl (C=S) groups is 1. The Kier molecular flexibility index (Phi) is 4.62. The Morgan fingerprint density at radius 1 is 1.10 bits per heavy atom. The maximum absolute atomic E-state index is 14.0. The molecular formula is C24H25FN4S. The minimum Gasteiger partial charge on any atom is -0.351 e. The molecule has 2 unspecified atom stereocenters. The maximum atomic E-state index is 14.0. The van der Waals surface area contributed by atoms with Crippen LogP contribution in [-0.2, 0) is 0 Å². The normalized spacial score (nSPS) is 21.2. The van der Waals surface area contributed by atoms with E-state index in [0.717, 1.165) is 11.4 Å². The summed E-state index contributed by atoms with van der Waals surface area (Å²) < 4.78 is 16.4. The van der Waals surface area contributed by atoms with Crippen molar-refractivity contribution in [1.82, 2.24) is 14.9 Å². The molecule has 3 heterocycles. The zero-order chi connectivity index (χ0) is 21.0. The van der Waals surface area contributed by atoms with Gasteiger partial charge in [-0.1, -0.05) is 6.07 Å². The summed E-state index contributed by atoms with van der Waals surface area (Å²) >= 11 is 5.79. The Morgan fingerprint density at radius 3 is 2.57 bits per heavy atom. The van der Waals surface area contributed by atoms with Crippen molar-refractivity contribution in [3.05, 3.63) is 82.7 Å². The van der Waals surface area contributed by atoms with E-state index < -0.39 is 0 Å². The number of nitrogens with one attached hydrogen (secondary N) is 1. The molecule has 4 nitrogen and oxygen atoms in total. The van der Waals surface area contributed by atoms with Crippen molar-refractivity contribution in [2.24, 2.45) is 0 Å². The first kappa shape index (κ1) is 19.2.